The minimum absolute atomic E-state index is 0.330. The van der Waals surface area contributed by atoms with Crippen molar-refractivity contribution in [2.45, 2.75) is 13.5 Å². The number of rotatable bonds is 4. The van der Waals surface area contributed by atoms with Gasteiger partial charge in [-0.05, 0) is 30.5 Å². The van der Waals surface area contributed by atoms with Gasteiger partial charge in [0.25, 0.3) is 0 Å². The number of thiophene rings is 1. The molecule has 0 aliphatic carbocycles. The SMILES string of the molecule is Cc1ccc(CNC(=O)Nc2nnc(-c3cccs3)s2)o1. The summed E-state index contributed by atoms with van der Waals surface area (Å²) in [7, 11) is 0. The van der Waals surface area contributed by atoms with Gasteiger partial charge in [-0.2, -0.15) is 0 Å². The minimum Gasteiger partial charge on any atom is -0.465 e. The van der Waals surface area contributed by atoms with E-state index in [0.29, 0.717) is 17.4 Å². The minimum atomic E-state index is -0.335. The van der Waals surface area contributed by atoms with Crippen molar-refractivity contribution in [3.63, 3.8) is 0 Å². The molecule has 0 aromatic carbocycles. The van der Waals surface area contributed by atoms with E-state index in [1.807, 2.05) is 36.6 Å². The number of hydrogen-bond acceptors (Lipinski definition) is 6. The second kappa shape index (κ2) is 6.06. The Kier molecular flexibility index (Phi) is 3.98. The van der Waals surface area contributed by atoms with Crippen molar-refractivity contribution in [3.8, 4) is 9.88 Å². The fourth-order valence-electron chi connectivity index (χ4n) is 1.66. The molecule has 8 heteroatoms. The second-order valence-electron chi connectivity index (χ2n) is 4.21. The number of furan rings is 1. The molecule has 21 heavy (non-hydrogen) atoms. The van der Waals surface area contributed by atoms with E-state index < -0.39 is 0 Å². The van der Waals surface area contributed by atoms with Gasteiger partial charge in [-0.25, -0.2) is 4.79 Å². The number of carbonyl (C=O) groups excluding carboxylic acids is 1. The molecule has 0 saturated heterocycles. The summed E-state index contributed by atoms with van der Waals surface area (Å²) in [6.45, 7) is 2.19. The van der Waals surface area contributed by atoms with Gasteiger partial charge in [0.15, 0.2) is 5.01 Å². The quantitative estimate of drug-likeness (QED) is 0.771. The van der Waals surface area contributed by atoms with Crippen LogP contribution in [-0.4, -0.2) is 16.2 Å². The third-order valence-corrected chi connectivity index (χ3v) is 4.47. The molecule has 6 nitrogen and oxygen atoms in total. The monoisotopic (exact) mass is 320 g/mol. The van der Waals surface area contributed by atoms with Gasteiger partial charge >= 0.3 is 6.03 Å². The number of aromatic nitrogens is 2. The summed E-state index contributed by atoms with van der Waals surface area (Å²) in [5.74, 6) is 1.52. The fraction of sp³-hybridized carbons (Fsp3) is 0.154. The van der Waals surface area contributed by atoms with E-state index in [4.69, 9.17) is 4.42 Å². The van der Waals surface area contributed by atoms with Gasteiger partial charge in [0.1, 0.15) is 11.5 Å². The van der Waals surface area contributed by atoms with Gasteiger partial charge in [-0.15, -0.1) is 21.5 Å². The topological polar surface area (TPSA) is 80.0 Å². The third kappa shape index (κ3) is 3.47. The number of carbonyl (C=O) groups is 1. The normalized spacial score (nSPS) is 10.5. The van der Waals surface area contributed by atoms with E-state index in [-0.39, 0.29) is 6.03 Å². The molecule has 3 aromatic heterocycles. The standard InChI is InChI=1S/C13H12N4O2S2/c1-8-4-5-9(19-8)7-14-12(18)15-13-17-16-11(21-13)10-3-2-6-20-10/h2-6H,7H2,1H3,(H2,14,15,17,18). The third-order valence-electron chi connectivity index (χ3n) is 2.60. The summed E-state index contributed by atoms with van der Waals surface area (Å²) in [5.41, 5.74) is 0. The van der Waals surface area contributed by atoms with Crippen molar-refractivity contribution >= 4 is 33.8 Å². The molecule has 0 unspecified atom stereocenters. The maximum Gasteiger partial charge on any atom is 0.321 e. The first-order valence-corrected chi connectivity index (χ1v) is 7.88. The molecule has 0 saturated carbocycles. The maximum atomic E-state index is 11.8. The lowest BCUT2D eigenvalue weighted by Crippen LogP contribution is -2.27. The Hall–Kier alpha value is -2.19. The summed E-state index contributed by atoms with van der Waals surface area (Å²) in [6, 6.07) is 7.27. The molecule has 3 aromatic rings. The van der Waals surface area contributed by atoms with Gasteiger partial charge < -0.3 is 9.73 Å². The molecule has 0 aliphatic rings. The van der Waals surface area contributed by atoms with Gasteiger partial charge in [-0.1, -0.05) is 17.4 Å². The molecule has 0 bridgehead atoms. The average molecular weight is 320 g/mol. The molecular formula is C13H12N4O2S2. The number of amides is 2. The van der Waals surface area contributed by atoms with E-state index in [2.05, 4.69) is 20.8 Å². The largest absolute Gasteiger partial charge is 0.465 e. The first-order valence-electron chi connectivity index (χ1n) is 6.18. The van der Waals surface area contributed by atoms with Crippen LogP contribution in [0.4, 0.5) is 9.93 Å². The first-order chi connectivity index (χ1) is 10.2. The molecule has 0 spiro atoms. The summed E-state index contributed by atoms with van der Waals surface area (Å²) in [5, 5.41) is 16.6. The molecule has 0 radical (unpaired) electrons. The Labute approximate surface area is 128 Å². The van der Waals surface area contributed by atoms with Crippen LogP contribution in [0.15, 0.2) is 34.1 Å². The fourth-order valence-corrected chi connectivity index (χ4v) is 3.19. The number of nitrogens with one attached hydrogen (secondary N) is 2. The molecule has 0 atom stereocenters. The number of aryl methyl sites for hydroxylation is 1. The van der Waals surface area contributed by atoms with Crippen LogP contribution in [0.25, 0.3) is 9.88 Å². The first kappa shape index (κ1) is 13.8. The van der Waals surface area contributed by atoms with Crippen LogP contribution in [0.2, 0.25) is 0 Å². The molecule has 108 valence electrons. The van der Waals surface area contributed by atoms with Gasteiger partial charge in [0, 0.05) is 0 Å². The number of hydrogen-bond donors (Lipinski definition) is 2. The second-order valence-corrected chi connectivity index (χ2v) is 6.13. The highest BCUT2D eigenvalue weighted by molar-refractivity contribution is 7.23. The zero-order valence-corrected chi connectivity index (χ0v) is 12.8. The van der Waals surface area contributed by atoms with Crippen molar-refractivity contribution < 1.29 is 9.21 Å². The number of anilines is 1. The highest BCUT2D eigenvalue weighted by Crippen LogP contribution is 2.29. The van der Waals surface area contributed by atoms with E-state index in [0.717, 1.165) is 15.6 Å². The summed E-state index contributed by atoms with van der Waals surface area (Å²) >= 11 is 2.92. The van der Waals surface area contributed by atoms with Crippen LogP contribution in [0.5, 0.6) is 0 Å². The van der Waals surface area contributed by atoms with Crippen molar-refractivity contribution in [1.29, 1.82) is 0 Å². The van der Waals surface area contributed by atoms with Crippen LogP contribution < -0.4 is 10.6 Å². The highest BCUT2D eigenvalue weighted by Gasteiger charge is 2.10. The Bertz CT molecular complexity index is 733. The molecule has 2 amide bonds. The lowest BCUT2D eigenvalue weighted by atomic mass is 10.4. The molecule has 0 fully saturated rings. The van der Waals surface area contributed by atoms with Gasteiger partial charge in [0.2, 0.25) is 5.13 Å². The zero-order valence-electron chi connectivity index (χ0n) is 11.1. The van der Waals surface area contributed by atoms with Crippen LogP contribution in [0.1, 0.15) is 11.5 Å². The average Bonchev–Trinajstić information content (AvgIpc) is 3.16. The Balaban J connectivity index is 1.55. The predicted molar refractivity (Wildman–Crippen MR) is 82.5 cm³/mol. The van der Waals surface area contributed by atoms with Crippen molar-refractivity contribution in [2.24, 2.45) is 0 Å². The van der Waals surface area contributed by atoms with E-state index in [1.54, 1.807) is 11.3 Å². The van der Waals surface area contributed by atoms with Gasteiger partial charge in [0.05, 0.1) is 11.4 Å². The van der Waals surface area contributed by atoms with Crippen LogP contribution in [0, 0.1) is 6.92 Å². The molecule has 3 rings (SSSR count). The molecular weight excluding hydrogens is 308 g/mol. The van der Waals surface area contributed by atoms with Gasteiger partial charge in [-0.3, -0.25) is 5.32 Å². The van der Waals surface area contributed by atoms with Crippen LogP contribution in [-0.2, 0) is 6.54 Å². The lowest BCUT2D eigenvalue weighted by molar-refractivity contribution is 0.250. The zero-order chi connectivity index (χ0) is 14.7. The highest BCUT2D eigenvalue weighted by atomic mass is 32.1. The number of urea groups is 1. The Morgan fingerprint density at radius 2 is 2.24 bits per heavy atom. The van der Waals surface area contributed by atoms with Crippen molar-refractivity contribution in [1.82, 2.24) is 15.5 Å². The molecule has 3 heterocycles. The van der Waals surface area contributed by atoms with E-state index >= 15 is 0 Å². The Morgan fingerprint density at radius 3 is 2.95 bits per heavy atom. The molecule has 0 aliphatic heterocycles. The summed E-state index contributed by atoms with van der Waals surface area (Å²) < 4.78 is 5.37. The summed E-state index contributed by atoms with van der Waals surface area (Å²) in [6.07, 6.45) is 0. The lowest BCUT2D eigenvalue weighted by Gasteiger charge is -2.02. The predicted octanol–water partition coefficient (Wildman–Crippen LogP) is 3.49. The summed E-state index contributed by atoms with van der Waals surface area (Å²) in [4.78, 5) is 12.8. The Morgan fingerprint density at radius 1 is 1.33 bits per heavy atom. The smallest absolute Gasteiger partial charge is 0.321 e. The maximum absolute atomic E-state index is 11.8. The van der Waals surface area contributed by atoms with Crippen molar-refractivity contribution in [3.05, 3.63) is 41.2 Å². The van der Waals surface area contributed by atoms with Crippen molar-refractivity contribution in [2.75, 3.05) is 5.32 Å². The van der Waals surface area contributed by atoms with Crippen LogP contribution >= 0.6 is 22.7 Å². The number of nitrogens with zero attached hydrogens (tertiary/aromatic N) is 2. The van der Waals surface area contributed by atoms with Crippen LogP contribution in [0.3, 0.4) is 0 Å². The van der Waals surface area contributed by atoms with E-state index in [1.165, 1.54) is 11.3 Å². The molecule has 2 N–H and O–H groups in total. The van der Waals surface area contributed by atoms with E-state index in [9.17, 15) is 4.79 Å².